The largest absolute Gasteiger partial charge is 0.400 e. The van der Waals surface area contributed by atoms with Crippen LogP contribution in [0.1, 0.15) is 252 Å². The van der Waals surface area contributed by atoms with Gasteiger partial charge in [-0.25, -0.2) is 0 Å². The van der Waals surface area contributed by atoms with E-state index >= 15 is 0 Å². The highest BCUT2D eigenvalue weighted by Gasteiger charge is 2.44. The maximum Gasteiger partial charge on any atom is 0.162 e. The summed E-state index contributed by atoms with van der Waals surface area (Å²) < 4.78 is 0. The van der Waals surface area contributed by atoms with Crippen LogP contribution in [0.25, 0.3) is 0 Å². The lowest BCUT2D eigenvalue weighted by atomic mass is 9.75. The number of likely N-dealkylation sites (tertiary alicyclic amines) is 2. The molecule has 0 aliphatic carbocycles. The zero-order valence-electron chi connectivity index (χ0n) is 50.5. The Kier molecular flexibility index (Phi) is 33.4. The average Bonchev–Trinajstić information content (AvgIpc) is 3.73. The second kappa shape index (κ2) is 38.1. The van der Waals surface area contributed by atoms with Gasteiger partial charge >= 0.3 is 0 Å². The number of carbonyl (C=O) groups excluding carboxylic acids is 2. The van der Waals surface area contributed by atoms with E-state index in [0.717, 1.165) is 82.8 Å². The number of ketones is 2. The minimum atomic E-state index is 0.274. The zero-order chi connectivity index (χ0) is 54.9. The zero-order valence-corrected chi connectivity index (χ0v) is 50.5. The Morgan fingerprint density at radius 3 is 1.41 bits per heavy atom. The molecular weight excluding hydrogens is 921 g/mol. The molecule has 0 saturated carbocycles. The van der Waals surface area contributed by atoms with Crippen LogP contribution in [0.4, 0.5) is 11.4 Å². The number of likely N-dealkylation sites (N-methyl/N-ethyl adjacent to an activating group) is 1. The lowest BCUT2D eigenvalue weighted by Gasteiger charge is -2.43. The van der Waals surface area contributed by atoms with Gasteiger partial charge in [0.15, 0.2) is 11.6 Å². The van der Waals surface area contributed by atoms with Crippen molar-refractivity contribution in [1.82, 2.24) is 9.80 Å². The van der Waals surface area contributed by atoms with E-state index < -0.39 is 0 Å². The van der Waals surface area contributed by atoms with Crippen LogP contribution < -0.4 is 9.80 Å². The summed E-state index contributed by atoms with van der Waals surface area (Å²) in [4.78, 5) is 34.8. The van der Waals surface area contributed by atoms with Gasteiger partial charge in [-0.1, -0.05) is 242 Å². The number of fused-ring (bicyclic) bond motifs is 3. The van der Waals surface area contributed by atoms with Crippen LogP contribution in [0.3, 0.4) is 0 Å². The van der Waals surface area contributed by atoms with Gasteiger partial charge in [-0.3, -0.25) is 9.59 Å². The van der Waals surface area contributed by atoms with Crippen LogP contribution >= 0.6 is 0 Å². The van der Waals surface area contributed by atoms with Crippen molar-refractivity contribution in [1.29, 1.82) is 0 Å². The summed E-state index contributed by atoms with van der Waals surface area (Å²) in [6, 6.07) is 23.4. The van der Waals surface area contributed by atoms with Gasteiger partial charge in [0.1, 0.15) is 0 Å². The SMILES string of the molecule is CCCCCCCCC.CCCCCCCCCCCCCC.CO.Cc1ccc(C(=O)CCCN2CCC(C)C(C)(C)C2)cc1.Cc1ccc(C(=O)CCCN2CCC3C(C2)c2cccc4c2N3CCN4C)cc1. The summed E-state index contributed by atoms with van der Waals surface area (Å²) in [5.41, 5.74) is 8.95. The highest BCUT2D eigenvalue weighted by Crippen LogP contribution is 2.50. The Morgan fingerprint density at radius 2 is 0.973 bits per heavy atom. The first-order valence-electron chi connectivity index (χ1n) is 31.0. The number of para-hydroxylation sites is 1. The number of aryl methyl sites for hydroxylation is 2. The van der Waals surface area contributed by atoms with Crippen molar-refractivity contribution < 1.29 is 14.7 Å². The normalized spacial score (nSPS) is 18.4. The predicted molar refractivity (Wildman–Crippen MR) is 327 cm³/mol. The lowest BCUT2D eigenvalue weighted by molar-refractivity contribution is 0.0631. The van der Waals surface area contributed by atoms with Gasteiger partial charge in [0.05, 0.1) is 11.4 Å². The van der Waals surface area contributed by atoms with E-state index in [0.29, 0.717) is 30.2 Å². The van der Waals surface area contributed by atoms with Crippen LogP contribution in [0, 0.1) is 25.2 Å². The molecule has 3 atom stereocenters. The van der Waals surface area contributed by atoms with Gasteiger partial charge in [0.25, 0.3) is 0 Å². The van der Waals surface area contributed by atoms with Gasteiger partial charge in [-0.2, -0.15) is 0 Å². The number of benzene rings is 3. The summed E-state index contributed by atoms with van der Waals surface area (Å²) in [7, 11) is 3.21. The number of rotatable bonds is 27. The van der Waals surface area contributed by atoms with Crippen molar-refractivity contribution >= 4 is 22.9 Å². The molecule has 2 saturated heterocycles. The third-order valence-corrected chi connectivity index (χ3v) is 16.9. The molecule has 7 heteroatoms. The fourth-order valence-corrected chi connectivity index (χ4v) is 11.6. The fraction of sp³-hybridized carbons (Fsp3) is 0.706. The van der Waals surface area contributed by atoms with E-state index in [1.807, 2.05) is 55.5 Å². The molecule has 3 aromatic rings. The second-order valence-electron chi connectivity index (χ2n) is 23.6. The van der Waals surface area contributed by atoms with Gasteiger partial charge < -0.3 is 24.7 Å². The third kappa shape index (κ3) is 23.9. The number of Topliss-reactive ketones (excluding diaryl/α,β-unsaturated/α-hetero) is 2. The second-order valence-corrected chi connectivity index (χ2v) is 23.6. The van der Waals surface area contributed by atoms with E-state index in [1.165, 1.54) is 164 Å². The molecule has 0 aromatic heterocycles. The van der Waals surface area contributed by atoms with Crippen LogP contribution in [0.15, 0.2) is 66.7 Å². The molecule has 424 valence electrons. The van der Waals surface area contributed by atoms with Crippen molar-refractivity contribution in [3.8, 4) is 0 Å². The van der Waals surface area contributed by atoms with Crippen molar-refractivity contribution in [2.24, 2.45) is 11.3 Å². The number of nitrogens with zero attached hydrogens (tertiary/aromatic N) is 4. The van der Waals surface area contributed by atoms with Gasteiger partial charge in [-0.15, -0.1) is 0 Å². The summed E-state index contributed by atoms with van der Waals surface area (Å²) in [6.45, 7) is 29.2. The summed E-state index contributed by atoms with van der Waals surface area (Å²) in [5.74, 6) is 1.96. The van der Waals surface area contributed by atoms with E-state index in [4.69, 9.17) is 5.11 Å². The molecule has 0 amide bonds. The summed E-state index contributed by atoms with van der Waals surface area (Å²) in [6.07, 6.45) is 33.1. The Hall–Kier alpha value is -3.52. The molecule has 1 N–H and O–H groups in total. The molecular formula is C68H114N4O3. The number of hydrogen-bond acceptors (Lipinski definition) is 7. The van der Waals surface area contributed by atoms with Crippen LogP contribution in [-0.4, -0.2) is 99.0 Å². The monoisotopic (exact) mass is 1030 g/mol. The molecule has 3 aromatic carbocycles. The summed E-state index contributed by atoms with van der Waals surface area (Å²) >= 11 is 0. The molecule has 3 unspecified atom stereocenters. The minimum absolute atomic E-state index is 0.274. The quantitative estimate of drug-likeness (QED) is 0.0603. The predicted octanol–water partition coefficient (Wildman–Crippen LogP) is 17.5. The smallest absolute Gasteiger partial charge is 0.162 e. The number of aliphatic hydroxyl groups is 1. The summed E-state index contributed by atoms with van der Waals surface area (Å²) in [5, 5.41) is 7.00. The van der Waals surface area contributed by atoms with Crippen LogP contribution in [0.2, 0.25) is 0 Å². The molecule has 4 heterocycles. The standard InChI is InChI=1S/C25H31N3O.C19H29NO.C14H30.C9H20.CH4O/c1-18-8-10-19(11-9-18)24(29)7-4-13-27-14-12-22-21(17-27)20-5-3-6-23-25(20)28(22)16-15-26(23)2;1-15-7-9-17(10-8-15)18(21)6-5-12-20-13-11-16(2)19(3,4)14-20;1-3-5-7-9-11-13-14-12-10-8-6-4-2;1-3-5-7-9-8-6-4-2;1-2/h3,5-6,8-11,21-22H,4,7,12-17H2,1-2H3;7-10,16H,5-6,11-14H2,1-4H3;3-14H2,1-2H3;3-9H2,1-2H3;2H,1H3. The molecule has 75 heavy (non-hydrogen) atoms. The first-order chi connectivity index (χ1) is 36.3. The van der Waals surface area contributed by atoms with E-state index in [-0.39, 0.29) is 11.6 Å². The molecule has 7 rings (SSSR count). The van der Waals surface area contributed by atoms with Crippen molar-refractivity contribution in [2.45, 2.75) is 235 Å². The van der Waals surface area contributed by atoms with Crippen molar-refractivity contribution in [3.63, 3.8) is 0 Å². The maximum absolute atomic E-state index is 12.5. The van der Waals surface area contributed by atoms with Crippen LogP contribution in [-0.2, 0) is 0 Å². The Balaban J connectivity index is 0.000000284. The lowest BCUT2D eigenvalue weighted by Crippen LogP contribution is -2.49. The minimum Gasteiger partial charge on any atom is -0.400 e. The first-order valence-corrected chi connectivity index (χ1v) is 31.0. The van der Waals surface area contributed by atoms with Crippen LogP contribution in [0.5, 0.6) is 0 Å². The van der Waals surface area contributed by atoms with Crippen molar-refractivity contribution in [3.05, 3.63) is 94.5 Å². The van der Waals surface area contributed by atoms with Crippen molar-refractivity contribution in [2.75, 3.05) is 76.3 Å². The third-order valence-electron chi connectivity index (χ3n) is 16.9. The van der Waals surface area contributed by atoms with Gasteiger partial charge in [0.2, 0.25) is 0 Å². The van der Waals surface area contributed by atoms with Gasteiger partial charge in [0, 0.05) is 82.8 Å². The molecule has 2 fully saturated rings. The number of piperidine rings is 2. The number of carbonyl (C=O) groups is 2. The van der Waals surface area contributed by atoms with Gasteiger partial charge in [-0.05, 0) is 82.1 Å². The number of aliphatic hydroxyl groups excluding tert-OH is 1. The average molecular weight is 1040 g/mol. The maximum atomic E-state index is 12.5. The van der Waals surface area contributed by atoms with E-state index in [1.54, 1.807) is 5.56 Å². The Labute approximate surface area is 462 Å². The molecule has 0 radical (unpaired) electrons. The Morgan fingerprint density at radius 1 is 0.547 bits per heavy atom. The van der Waals surface area contributed by atoms with E-state index in [9.17, 15) is 9.59 Å². The van der Waals surface area contributed by atoms with E-state index in [2.05, 4.69) is 100 Å². The molecule has 4 aliphatic heterocycles. The molecule has 4 aliphatic rings. The topological polar surface area (TPSA) is 67.3 Å². The number of anilines is 2. The number of unbranched alkanes of at least 4 members (excludes halogenated alkanes) is 17. The fourth-order valence-electron chi connectivity index (χ4n) is 11.6. The molecule has 0 spiro atoms. The highest BCUT2D eigenvalue weighted by molar-refractivity contribution is 5.96. The molecule has 0 bridgehead atoms. The Bertz CT molecular complexity index is 1930. The molecule has 7 nitrogen and oxygen atoms in total. The first kappa shape index (κ1) is 65.8. The highest BCUT2D eigenvalue weighted by atomic mass is 16.2. The number of hydrogen-bond donors (Lipinski definition) is 1.